The Bertz CT molecular complexity index is 558. The lowest BCUT2D eigenvalue weighted by Gasteiger charge is -2.06. The normalized spacial score (nSPS) is 9.61. The molecule has 2 rings (SSSR count). The standard InChI is InChI=1S/C13H10BNO3/c15-9-10-1-5-12(6-2-10)18-13-7-3-11(4-8-13)14(16)17/h1-8,16-17H. The van der Waals surface area contributed by atoms with E-state index < -0.39 is 7.12 Å². The van der Waals surface area contributed by atoms with E-state index in [2.05, 4.69) is 0 Å². The molecule has 0 spiro atoms. The van der Waals surface area contributed by atoms with Crippen molar-refractivity contribution in [3.05, 3.63) is 54.1 Å². The van der Waals surface area contributed by atoms with Crippen molar-refractivity contribution < 1.29 is 14.8 Å². The zero-order valence-electron chi connectivity index (χ0n) is 9.45. The molecule has 0 unspecified atom stereocenters. The van der Waals surface area contributed by atoms with Gasteiger partial charge in [0.25, 0.3) is 0 Å². The SMILES string of the molecule is N#Cc1ccc(Oc2ccc(B(O)O)cc2)cc1. The summed E-state index contributed by atoms with van der Waals surface area (Å²) in [5, 5.41) is 26.6. The zero-order valence-corrected chi connectivity index (χ0v) is 9.45. The molecule has 0 aromatic heterocycles. The molecule has 18 heavy (non-hydrogen) atoms. The molecule has 0 amide bonds. The quantitative estimate of drug-likeness (QED) is 0.784. The molecule has 0 radical (unpaired) electrons. The molecule has 0 heterocycles. The van der Waals surface area contributed by atoms with Crippen molar-refractivity contribution in [1.29, 1.82) is 5.26 Å². The Kier molecular flexibility index (Phi) is 3.63. The Morgan fingerprint density at radius 3 is 1.83 bits per heavy atom. The average molecular weight is 239 g/mol. The van der Waals surface area contributed by atoms with Gasteiger partial charge in [0.05, 0.1) is 11.6 Å². The lowest BCUT2D eigenvalue weighted by molar-refractivity contribution is 0.425. The van der Waals surface area contributed by atoms with Crippen LogP contribution < -0.4 is 10.2 Å². The minimum Gasteiger partial charge on any atom is -0.457 e. The Morgan fingerprint density at radius 2 is 1.39 bits per heavy atom. The lowest BCUT2D eigenvalue weighted by Crippen LogP contribution is -2.29. The van der Waals surface area contributed by atoms with Crippen molar-refractivity contribution in [3.63, 3.8) is 0 Å². The third-order valence-corrected chi connectivity index (χ3v) is 2.40. The fourth-order valence-corrected chi connectivity index (χ4v) is 1.44. The molecule has 0 saturated heterocycles. The number of nitriles is 1. The van der Waals surface area contributed by atoms with Gasteiger partial charge >= 0.3 is 7.12 Å². The van der Waals surface area contributed by atoms with E-state index in [-0.39, 0.29) is 0 Å². The van der Waals surface area contributed by atoms with Crippen molar-refractivity contribution >= 4 is 12.6 Å². The van der Waals surface area contributed by atoms with Crippen molar-refractivity contribution in [1.82, 2.24) is 0 Å². The van der Waals surface area contributed by atoms with Crippen LogP contribution in [0.2, 0.25) is 0 Å². The first-order valence-electron chi connectivity index (χ1n) is 5.33. The van der Waals surface area contributed by atoms with E-state index in [4.69, 9.17) is 20.0 Å². The summed E-state index contributed by atoms with van der Waals surface area (Å²) in [7, 11) is -1.48. The molecule has 0 aliphatic heterocycles. The first kappa shape index (κ1) is 12.2. The van der Waals surface area contributed by atoms with Crippen LogP contribution in [-0.4, -0.2) is 17.2 Å². The second kappa shape index (κ2) is 5.36. The van der Waals surface area contributed by atoms with Crippen LogP contribution in [0.1, 0.15) is 5.56 Å². The highest BCUT2D eigenvalue weighted by molar-refractivity contribution is 6.58. The van der Waals surface area contributed by atoms with Crippen LogP contribution in [0.25, 0.3) is 0 Å². The van der Waals surface area contributed by atoms with Crippen molar-refractivity contribution in [2.45, 2.75) is 0 Å². The van der Waals surface area contributed by atoms with Gasteiger partial charge in [-0.2, -0.15) is 5.26 Å². The summed E-state index contributed by atoms with van der Waals surface area (Å²) in [5.74, 6) is 1.20. The van der Waals surface area contributed by atoms with Crippen LogP contribution in [0.15, 0.2) is 48.5 Å². The smallest absolute Gasteiger partial charge is 0.457 e. The average Bonchev–Trinajstić information content (AvgIpc) is 2.40. The predicted molar refractivity (Wildman–Crippen MR) is 67.5 cm³/mol. The topological polar surface area (TPSA) is 73.5 Å². The summed E-state index contributed by atoms with van der Waals surface area (Å²) >= 11 is 0. The second-order valence-corrected chi connectivity index (χ2v) is 3.68. The summed E-state index contributed by atoms with van der Waals surface area (Å²) in [6.45, 7) is 0. The van der Waals surface area contributed by atoms with E-state index in [0.29, 0.717) is 22.5 Å². The third kappa shape index (κ3) is 2.89. The van der Waals surface area contributed by atoms with E-state index in [0.717, 1.165) is 0 Å². The van der Waals surface area contributed by atoms with Gasteiger partial charge in [-0.25, -0.2) is 0 Å². The maximum atomic E-state index is 8.95. The maximum Gasteiger partial charge on any atom is 0.488 e. The predicted octanol–water partition coefficient (Wildman–Crippen LogP) is 1.03. The van der Waals surface area contributed by atoms with E-state index >= 15 is 0 Å². The van der Waals surface area contributed by atoms with Gasteiger partial charge in [-0.1, -0.05) is 12.1 Å². The number of hydrogen-bond acceptors (Lipinski definition) is 4. The minimum atomic E-state index is -1.48. The first-order valence-corrected chi connectivity index (χ1v) is 5.33. The molecule has 4 nitrogen and oxygen atoms in total. The molecule has 5 heteroatoms. The summed E-state index contributed by atoms with van der Waals surface area (Å²) in [6.07, 6.45) is 0. The monoisotopic (exact) mass is 239 g/mol. The van der Waals surface area contributed by atoms with Crippen LogP contribution >= 0.6 is 0 Å². The molecule has 2 N–H and O–H groups in total. The molecule has 0 atom stereocenters. The van der Waals surface area contributed by atoms with Gasteiger partial charge < -0.3 is 14.8 Å². The van der Waals surface area contributed by atoms with Crippen LogP contribution in [0.3, 0.4) is 0 Å². The van der Waals surface area contributed by atoms with Gasteiger partial charge in [0, 0.05) is 0 Å². The van der Waals surface area contributed by atoms with Crippen LogP contribution in [-0.2, 0) is 0 Å². The minimum absolute atomic E-state index is 0.405. The van der Waals surface area contributed by atoms with E-state index in [1.807, 2.05) is 6.07 Å². The number of rotatable bonds is 3. The molecular weight excluding hydrogens is 229 g/mol. The summed E-state index contributed by atoms with van der Waals surface area (Å²) in [6, 6.07) is 15.2. The summed E-state index contributed by atoms with van der Waals surface area (Å²) in [4.78, 5) is 0. The Morgan fingerprint density at radius 1 is 0.889 bits per heavy atom. The molecule has 88 valence electrons. The van der Waals surface area contributed by atoms with Crippen LogP contribution in [0.4, 0.5) is 0 Å². The van der Waals surface area contributed by atoms with Crippen molar-refractivity contribution in [2.75, 3.05) is 0 Å². The number of nitrogens with zero attached hydrogens (tertiary/aromatic N) is 1. The molecule has 2 aromatic carbocycles. The van der Waals surface area contributed by atoms with Gasteiger partial charge in [0.1, 0.15) is 11.5 Å². The van der Waals surface area contributed by atoms with Gasteiger partial charge in [-0.15, -0.1) is 0 Å². The third-order valence-electron chi connectivity index (χ3n) is 2.40. The first-order chi connectivity index (χ1) is 8.69. The Labute approximate surface area is 105 Å². The van der Waals surface area contributed by atoms with Gasteiger partial charge in [-0.05, 0) is 41.9 Å². The highest BCUT2D eigenvalue weighted by Gasteiger charge is 2.09. The van der Waals surface area contributed by atoms with E-state index in [1.165, 1.54) is 0 Å². The molecule has 0 fully saturated rings. The molecule has 2 aromatic rings. The van der Waals surface area contributed by atoms with Crippen LogP contribution in [0.5, 0.6) is 11.5 Å². The molecular formula is C13H10BNO3. The molecule has 0 saturated carbocycles. The van der Waals surface area contributed by atoms with Gasteiger partial charge in [-0.3, -0.25) is 0 Å². The summed E-state index contributed by atoms with van der Waals surface area (Å²) < 4.78 is 5.54. The number of hydrogen-bond donors (Lipinski definition) is 2. The molecule has 0 aliphatic carbocycles. The van der Waals surface area contributed by atoms with Gasteiger partial charge in [0.15, 0.2) is 0 Å². The Balaban J connectivity index is 2.11. The lowest BCUT2D eigenvalue weighted by atomic mass is 9.80. The summed E-state index contributed by atoms with van der Waals surface area (Å²) in [5.41, 5.74) is 0.975. The fourth-order valence-electron chi connectivity index (χ4n) is 1.44. The highest BCUT2D eigenvalue weighted by atomic mass is 16.5. The largest absolute Gasteiger partial charge is 0.488 e. The Hall–Kier alpha value is -2.29. The zero-order chi connectivity index (χ0) is 13.0. The second-order valence-electron chi connectivity index (χ2n) is 3.68. The number of benzene rings is 2. The maximum absolute atomic E-state index is 8.95. The van der Waals surface area contributed by atoms with E-state index in [9.17, 15) is 0 Å². The fraction of sp³-hybridized carbons (Fsp3) is 0. The molecule has 0 bridgehead atoms. The molecule has 0 aliphatic rings. The van der Waals surface area contributed by atoms with Crippen LogP contribution in [0, 0.1) is 11.3 Å². The van der Waals surface area contributed by atoms with Crippen molar-refractivity contribution in [3.8, 4) is 17.6 Å². The van der Waals surface area contributed by atoms with E-state index in [1.54, 1.807) is 48.5 Å². The number of ether oxygens (including phenoxy) is 1. The van der Waals surface area contributed by atoms with Crippen molar-refractivity contribution in [2.24, 2.45) is 0 Å². The van der Waals surface area contributed by atoms with Gasteiger partial charge in [0.2, 0.25) is 0 Å². The highest BCUT2D eigenvalue weighted by Crippen LogP contribution is 2.20.